The molecule has 0 radical (unpaired) electrons. The zero-order chi connectivity index (χ0) is 21.9. The lowest BCUT2D eigenvalue weighted by molar-refractivity contribution is -0.117. The minimum atomic E-state index is -3.84. The van der Waals surface area contributed by atoms with Gasteiger partial charge >= 0.3 is 0 Å². The first-order valence-corrected chi connectivity index (χ1v) is 10.8. The van der Waals surface area contributed by atoms with E-state index in [0.29, 0.717) is 30.1 Å². The molecule has 2 aromatic rings. The van der Waals surface area contributed by atoms with Crippen LogP contribution in [0, 0.1) is 5.82 Å². The predicted octanol–water partition coefficient (Wildman–Crippen LogP) is 2.51. The van der Waals surface area contributed by atoms with Crippen molar-refractivity contribution in [1.29, 1.82) is 0 Å². The Morgan fingerprint density at radius 3 is 2.63 bits per heavy atom. The van der Waals surface area contributed by atoms with Crippen LogP contribution in [0.25, 0.3) is 0 Å². The Hall–Kier alpha value is -2.98. The normalized spacial score (nSPS) is 14.1. The molecule has 2 aromatic carbocycles. The Kier molecular flexibility index (Phi) is 6.37. The highest BCUT2D eigenvalue weighted by Crippen LogP contribution is 2.34. The molecule has 0 atom stereocenters. The second-order valence-electron chi connectivity index (χ2n) is 6.63. The van der Waals surface area contributed by atoms with E-state index in [2.05, 4.69) is 10.0 Å². The summed E-state index contributed by atoms with van der Waals surface area (Å²) in [5.74, 6) is -1.29. The molecule has 160 valence electrons. The fraction of sp³-hybridized carbons (Fsp3) is 0.300. The standard InChI is InChI=1S/C20H22FN3O5S/c1-3-22-30(27,28)14-7-8-16(21)15(12-14)20(26)23-13-6-9-17(18(11-13)29-2)24-10-4-5-19(24)25/h6-9,11-12,22H,3-5,10H2,1-2H3,(H,23,26). The minimum Gasteiger partial charge on any atom is -0.494 e. The van der Waals surface area contributed by atoms with E-state index >= 15 is 0 Å². The number of sulfonamides is 1. The smallest absolute Gasteiger partial charge is 0.258 e. The third-order valence-electron chi connectivity index (χ3n) is 4.63. The Morgan fingerprint density at radius 1 is 1.23 bits per heavy atom. The molecule has 30 heavy (non-hydrogen) atoms. The number of carbonyl (C=O) groups is 2. The van der Waals surface area contributed by atoms with Crippen LogP contribution in [0.1, 0.15) is 30.1 Å². The van der Waals surface area contributed by atoms with Crippen molar-refractivity contribution in [3.05, 3.63) is 47.8 Å². The van der Waals surface area contributed by atoms with Crippen LogP contribution in [-0.2, 0) is 14.8 Å². The molecular weight excluding hydrogens is 413 g/mol. The minimum absolute atomic E-state index is 0.00845. The number of benzene rings is 2. The van der Waals surface area contributed by atoms with Crippen molar-refractivity contribution in [3.63, 3.8) is 0 Å². The topological polar surface area (TPSA) is 105 Å². The Labute approximate surface area is 174 Å². The second-order valence-corrected chi connectivity index (χ2v) is 8.40. The molecule has 0 saturated carbocycles. The van der Waals surface area contributed by atoms with Gasteiger partial charge in [0.15, 0.2) is 0 Å². The average molecular weight is 435 g/mol. The van der Waals surface area contributed by atoms with Gasteiger partial charge in [0, 0.05) is 31.3 Å². The number of ether oxygens (including phenoxy) is 1. The van der Waals surface area contributed by atoms with Gasteiger partial charge in [-0.3, -0.25) is 9.59 Å². The molecule has 2 N–H and O–H groups in total. The number of rotatable bonds is 7. The fourth-order valence-electron chi connectivity index (χ4n) is 3.20. The third kappa shape index (κ3) is 4.44. The fourth-order valence-corrected chi connectivity index (χ4v) is 4.27. The van der Waals surface area contributed by atoms with E-state index < -0.39 is 27.3 Å². The van der Waals surface area contributed by atoms with Gasteiger partial charge < -0.3 is 15.0 Å². The number of hydrogen-bond acceptors (Lipinski definition) is 5. The van der Waals surface area contributed by atoms with Crippen LogP contribution in [0.15, 0.2) is 41.3 Å². The van der Waals surface area contributed by atoms with Crippen molar-refractivity contribution in [2.45, 2.75) is 24.7 Å². The van der Waals surface area contributed by atoms with E-state index in [4.69, 9.17) is 4.74 Å². The maximum Gasteiger partial charge on any atom is 0.258 e. The van der Waals surface area contributed by atoms with E-state index in [-0.39, 0.29) is 17.3 Å². The van der Waals surface area contributed by atoms with Gasteiger partial charge in [0.05, 0.1) is 23.3 Å². The van der Waals surface area contributed by atoms with Gasteiger partial charge in [-0.15, -0.1) is 0 Å². The Balaban J connectivity index is 1.86. The summed E-state index contributed by atoms with van der Waals surface area (Å²) in [7, 11) is -2.40. The third-order valence-corrected chi connectivity index (χ3v) is 6.17. The largest absolute Gasteiger partial charge is 0.494 e. The Morgan fingerprint density at radius 2 is 2.00 bits per heavy atom. The van der Waals surface area contributed by atoms with Gasteiger partial charge in [-0.2, -0.15) is 0 Å². The molecule has 1 heterocycles. The molecule has 1 fully saturated rings. The molecule has 0 aromatic heterocycles. The molecule has 0 bridgehead atoms. The van der Waals surface area contributed by atoms with Crippen molar-refractivity contribution in [1.82, 2.24) is 4.72 Å². The summed E-state index contributed by atoms with van der Waals surface area (Å²) in [5.41, 5.74) is 0.487. The Bertz CT molecular complexity index is 1090. The number of nitrogens with zero attached hydrogens (tertiary/aromatic N) is 1. The number of nitrogens with one attached hydrogen (secondary N) is 2. The zero-order valence-corrected chi connectivity index (χ0v) is 17.4. The van der Waals surface area contributed by atoms with Gasteiger partial charge in [0.25, 0.3) is 5.91 Å². The van der Waals surface area contributed by atoms with Crippen LogP contribution < -0.4 is 19.7 Å². The van der Waals surface area contributed by atoms with Crippen molar-refractivity contribution < 1.29 is 27.1 Å². The lowest BCUT2D eigenvalue weighted by Gasteiger charge is -2.19. The highest BCUT2D eigenvalue weighted by atomic mass is 32.2. The highest BCUT2D eigenvalue weighted by molar-refractivity contribution is 7.89. The molecule has 3 rings (SSSR count). The first-order valence-electron chi connectivity index (χ1n) is 9.35. The molecule has 0 spiro atoms. The van der Waals surface area contributed by atoms with Gasteiger partial charge in [0.1, 0.15) is 11.6 Å². The van der Waals surface area contributed by atoms with Crippen molar-refractivity contribution in [2.75, 3.05) is 30.4 Å². The van der Waals surface area contributed by atoms with Crippen LogP contribution in [0.3, 0.4) is 0 Å². The SMILES string of the molecule is CCNS(=O)(=O)c1ccc(F)c(C(=O)Nc2ccc(N3CCCC3=O)c(OC)c2)c1. The highest BCUT2D eigenvalue weighted by Gasteiger charge is 2.25. The number of halogens is 1. The summed E-state index contributed by atoms with van der Waals surface area (Å²) in [6.45, 7) is 2.35. The van der Waals surface area contributed by atoms with Crippen molar-refractivity contribution >= 4 is 33.2 Å². The second kappa shape index (κ2) is 8.80. The van der Waals surface area contributed by atoms with Gasteiger partial charge in [-0.25, -0.2) is 17.5 Å². The van der Waals surface area contributed by atoms with Crippen LogP contribution >= 0.6 is 0 Å². The first-order chi connectivity index (χ1) is 14.3. The lowest BCUT2D eigenvalue weighted by atomic mass is 10.2. The van der Waals surface area contributed by atoms with Gasteiger partial charge in [-0.05, 0) is 36.8 Å². The molecule has 0 unspecified atom stereocenters. The number of methoxy groups -OCH3 is 1. The summed E-state index contributed by atoms with van der Waals surface area (Å²) in [5, 5.41) is 2.54. The van der Waals surface area contributed by atoms with Crippen LogP contribution in [0.5, 0.6) is 5.75 Å². The predicted molar refractivity (Wildman–Crippen MR) is 110 cm³/mol. The quantitative estimate of drug-likeness (QED) is 0.695. The monoisotopic (exact) mass is 435 g/mol. The van der Waals surface area contributed by atoms with E-state index in [9.17, 15) is 22.4 Å². The number of carbonyl (C=O) groups excluding carboxylic acids is 2. The van der Waals surface area contributed by atoms with Gasteiger partial charge in [0.2, 0.25) is 15.9 Å². The molecule has 8 nitrogen and oxygen atoms in total. The summed E-state index contributed by atoms with van der Waals surface area (Å²) in [6.07, 6.45) is 1.22. The van der Waals surface area contributed by atoms with E-state index in [1.165, 1.54) is 13.2 Å². The molecule has 2 amide bonds. The van der Waals surface area contributed by atoms with E-state index in [1.54, 1.807) is 24.0 Å². The summed E-state index contributed by atoms with van der Waals surface area (Å²) >= 11 is 0. The number of amides is 2. The molecule has 10 heteroatoms. The zero-order valence-electron chi connectivity index (χ0n) is 16.6. The maximum atomic E-state index is 14.2. The van der Waals surface area contributed by atoms with Crippen LogP contribution in [0.4, 0.5) is 15.8 Å². The summed E-state index contributed by atoms with van der Waals surface area (Å²) < 4.78 is 46.1. The first kappa shape index (κ1) is 21.7. The summed E-state index contributed by atoms with van der Waals surface area (Å²) in [4.78, 5) is 26.0. The van der Waals surface area contributed by atoms with Gasteiger partial charge in [-0.1, -0.05) is 6.92 Å². The number of anilines is 2. The molecule has 1 saturated heterocycles. The molecule has 0 aliphatic carbocycles. The maximum absolute atomic E-state index is 14.2. The average Bonchev–Trinajstić information content (AvgIpc) is 3.13. The number of hydrogen-bond donors (Lipinski definition) is 2. The van der Waals surface area contributed by atoms with Crippen LogP contribution in [0.2, 0.25) is 0 Å². The van der Waals surface area contributed by atoms with Crippen molar-refractivity contribution in [2.24, 2.45) is 0 Å². The van der Waals surface area contributed by atoms with E-state index in [0.717, 1.165) is 24.6 Å². The molecule has 1 aliphatic heterocycles. The van der Waals surface area contributed by atoms with E-state index in [1.807, 2.05) is 0 Å². The van der Waals surface area contributed by atoms with Crippen molar-refractivity contribution in [3.8, 4) is 5.75 Å². The lowest BCUT2D eigenvalue weighted by Crippen LogP contribution is -2.24. The van der Waals surface area contributed by atoms with Crippen LogP contribution in [-0.4, -0.2) is 40.4 Å². The molecule has 1 aliphatic rings. The molecular formula is C20H22FN3O5S. The summed E-state index contributed by atoms with van der Waals surface area (Å²) in [6, 6.07) is 7.74.